The third kappa shape index (κ3) is 3.33. The molecule has 1 aromatic carbocycles. The lowest BCUT2D eigenvalue weighted by Gasteiger charge is -2.14. The third-order valence-electron chi connectivity index (χ3n) is 2.18. The van der Waals surface area contributed by atoms with Gasteiger partial charge in [-0.2, -0.15) is 0 Å². The molecule has 3 heteroatoms. The lowest BCUT2D eigenvalue weighted by molar-refractivity contribution is 0.597. The minimum atomic E-state index is -0.241. The fourth-order valence-electron chi connectivity index (χ4n) is 1.32. The molecule has 0 saturated carbocycles. The van der Waals surface area contributed by atoms with Gasteiger partial charge >= 0.3 is 0 Å². The summed E-state index contributed by atoms with van der Waals surface area (Å²) in [6, 6.07) is 5.17. The van der Waals surface area contributed by atoms with Crippen LogP contribution in [-0.4, -0.2) is 7.05 Å². The van der Waals surface area contributed by atoms with Crippen LogP contribution < -0.4 is 5.32 Å². The predicted octanol–water partition coefficient (Wildman–Crippen LogP) is 3.26. The lowest BCUT2D eigenvalue weighted by atomic mass is 10.0. The smallest absolute Gasteiger partial charge is 0.137 e. The van der Waals surface area contributed by atoms with Gasteiger partial charge in [-0.1, -0.05) is 6.07 Å². The number of rotatable bonds is 3. The van der Waals surface area contributed by atoms with Crippen molar-refractivity contribution in [3.05, 3.63) is 34.1 Å². The molecule has 0 heterocycles. The maximum atomic E-state index is 13.0. The molecule has 0 spiro atoms. The lowest BCUT2D eigenvalue weighted by Crippen LogP contribution is -2.15. The topological polar surface area (TPSA) is 12.0 Å². The van der Waals surface area contributed by atoms with Crippen molar-refractivity contribution in [2.24, 2.45) is 0 Å². The molecule has 0 aliphatic carbocycles. The quantitative estimate of drug-likeness (QED) is 0.831. The molecule has 15 heavy (non-hydrogen) atoms. The van der Waals surface area contributed by atoms with E-state index < -0.39 is 0 Å². The van der Waals surface area contributed by atoms with Gasteiger partial charge in [-0.3, -0.25) is 0 Å². The third-order valence-corrected chi connectivity index (χ3v) is 2.79. The van der Waals surface area contributed by atoms with Crippen LogP contribution in [0.1, 0.15) is 24.9 Å². The van der Waals surface area contributed by atoms with E-state index in [9.17, 15) is 4.39 Å². The summed E-state index contributed by atoms with van der Waals surface area (Å²) in [6.45, 7) is 1.81. The van der Waals surface area contributed by atoms with Gasteiger partial charge in [-0.25, -0.2) is 4.39 Å². The van der Waals surface area contributed by atoms with Gasteiger partial charge in [-0.15, -0.1) is 11.8 Å². The van der Waals surface area contributed by atoms with Crippen LogP contribution in [0.5, 0.6) is 0 Å². The summed E-state index contributed by atoms with van der Waals surface area (Å²) in [6.07, 6.45) is 0.727. The van der Waals surface area contributed by atoms with Crippen LogP contribution in [-0.2, 0) is 0 Å². The molecule has 0 aliphatic rings. The molecule has 0 bridgehead atoms. The molecule has 0 radical (unpaired) electrons. The van der Waals surface area contributed by atoms with Crippen LogP contribution >= 0.6 is 15.9 Å². The Kier molecular flexibility index (Phi) is 4.80. The Morgan fingerprint density at radius 2 is 2.27 bits per heavy atom. The van der Waals surface area contributed by atoms with Crippen LogP contribution in [0, 0.1) is 17.7 Å². The van der Waals surface area contributed by atoms with Crippen molar-refractivity contribution in [2.45, 2.75) is 19.4 Å². The maximum Gasteiger partial charge on any atom is 0.137 e. The van der Waals surface area contributed by atoms with Crippen molar-refractivity contribution >= 4 is 15.9 Å². The zero-order valence-corrected chi connectivity index (χ0v) is 10.4. The second-order valence-electron chi connectivity index (χ2n) is 3.15. The average Bonchev–Trinajstić information content (AvgIpc) is 2.24. The summed E-state index contributed by atoms with van der Waals surface area (Å²) < 4.78 is 13.5. The van der Waals surface area contributed by atoms with Gasteiger partial charge < -0.3 is 5.32 Å². The second-order valence-corrected chi connectivity index (χ2v) is 4.00. The van der Waals surface area contributed by atoms with Crippen LogP contribution in [0.3, 0.4) is 0 Å². The number of hydrogen-bond acceptors (Lipinski definition) is 1. The molecule has 0 aromatic heterocycles. The van der Waals surface area contributed by atoms with E-state index in [4.69, 9.17) is 0 Å². The maximum absolute atomic E-state index is 13.0. The van der Waals surface area contributed by atoms with E-state index in [-0.39, 0.29) is 11.9 Å². The van der Waals surface area contributed by atoms with Crippen molar-refractivity contribution in [3.63, 3.8) is 0 Å². The Balaban J connectivity index is 2.90. The van der Waals surface area contributed by atoms with Gasteiger partial charge in [0.2, 0.25) is 0 Å². The highest BCUT2D eigenvalue weighted by Crippen LogP contribution is 2.22. The van der Waals surface area contributed by atoms with Crippen LogP contribution in [0.4, 0.5) is 4.39 Å². The Morgan fingerprint density at radius 3 is 2.80 bits per heavy atom. The van der Waals surface area contributed by atoms with Gasteiger partial charge in [0.05, 0.1) is 4.47 Å². The van der Waals surface area contributed by atoms with E-state index in [1.807, 2.05) is 14.0 Å². The first-order chi connectivity index (χ1) is 7.19. The van der Waals surface area contributed by atoms with Gasteiger partial charge in [0.1, 0.15) is 5.82 Å². The summed E-state index contributed by atoms with van der Waals surface area (Å²) in [7, 11) is 1.87. The SMILES string of the molecule is CC#CCC(NC)c1ccc(F)c(Br)c1. The van der Waals surface area contributed by atoms with Gasteiger partial charge in [0.25, 0.3) is 0 Å². The normalized spacial score (nSPS) is 11.7. The molecule has 0 fully saturated rings. The molecule has 1 rings (SSSR count). The number of nitrogens with one attached hydrogen (secondary N) is 1. The first-order valence-corrected chi connectivity index (χ1v) is 5.50. The first-order valence-electron chi connectivity index (χ1n) is 4.71. The highest BCUT2D eigenvalue weighted by Gasteiger charge is 2.09. The highest BCUT2D eigenvalue weighted by molar-refractivity contribution is 9.10. The summed E-state index contributed by atoms with van der Waals surface area (Å²) in [5, 5.41) is 3.15. The van der Waals surface area contributed by atoms with Crippen molar-refractivity contribution in [1.82, 2.24) is 5.32 Å². The van der Waals surface area contributed by atoms with Crippen molar-refractivity contribution in [3.8, 4) is 11.8 Å². The number of benzene rings is 1. The van der Waals surface area contributed by atoms with E-state index in [2.05, 4.69) is 33.1 Å². The van der Waals surface area contributed by atoms with Gasteiger partial charge in [-0.05, 0) is 47.6 Å². The second kappa shape index (κ2) is 5.89. The van der Waals surface area contributed by atoms with E-state index >= 15 is 0 Å². The number of halogens is 2. The van der Waals surface area contributed by atoms with Crippen molar-refractivity contribution in [1.29, 1.82) is 0 Å². The minimum absolute atomic E-state index is 0.148. The zero-order chi connectivity index (χ0) is 11.3. The Hall–Kier alpha value is -0.850. The molecule has 1 aromatic rings. The fraction of sp³-hybridized carbons (Fsp3) is 0.333. The highest BCUT2D eigenvalue weighted by atomic mass is 79.9. The molecule has 80 valence electrons. The molecule has 1 N–H and O–H groups in total. The standard InChI is InChI=1S/C12H13BrFN/c1-3-4-5-12(15-2)9-6-7-11(14)10(13)8-9/h6-8,12,15H,5H2,1-2H3. The molecule has 1 nitrogen and oxygen atoms in total. The van der Waals surface area contributed by atoms with Gasteiger partial charge in [0.15, 0.2) is 0 Å². The molecule has 0 amide bonds. The van der Waals surface area contributed by atoms with E-state index in [1.165, 1.54) is 6.07 Å². The van der Waals surface area contributed by atoms with Crippen LogP contribution in [0.2, 0.25) is 0 Å². The summed E-state index contributed by atoms with van der Waals surface area (Å²) in [5.74, 6) is 5.62. The molecule has 1 atom stereocenters. The largest absolute Gasteiger partial charge is 0.312 e. The Bertz CT molecular complexity index is 392. The zero-order valence-electron chi connectivity index (χ0n) is 8.77. The molecule has 1 unspecified atom stereocenters. The predicted molar refractivity (Wildman–Crippen MR) is 64.0 cm³/mol. The molecule has 0 saturated heterocycles. The average molecular weight is 270 g/mol. The number of hydrogen-bond donors (Lipinski definition) is 1. The monoisotopic (exact) mass is 269 g/mol. The van der Waals surface area contributed by atoms with E-state index in [0.29, 0.717) is 4.47 Å². The summed E-state index contributed by atoms with van der Waals surface area (Å²) in [5.41, 5.74) is 1.04. The molecule has 0 aliphatic heterocycles. The first kappa shape index (κ1) is 12.2. The minimum Gasteiger partial charge on any atom is -0.312 e. The van der Waals surface area contributed by atoms with Crippen molar-refractivity contribution in [2.75, 3.05) is 7.05 Å². The Morgan fingerprint density at radius 1 is 1.53 bits per heavy atom. The van der Waals surface area contributed by atoms with Crippen LogP contribution in [0.25, 0.3) is 0 Å². The van der Waals surface area contributed by atoms with Crippen molar-refractivity contribution < 1.29 is 4.39 Å². The van der Waals surface area contributed by atoms with E-state index in [0.717, 1.165) is 12.0 Å². The van der Waals surface area contributed by atoms with Crippen LogP contribution in [0.15, 0.2) is 22.7 Å². The fourth-order valence-corrected chi connectivity index (χ4v) is 1.72. The van der Waals surface area contributed by atoms with E-state index in [1.54, 1.807) is 12.1 Å². The summed E-state index contributed by atoms with van der Waals surface area (Å²) >= 11 is 3.17. The molecular weight excluding hydrogens is 257 g/mol. The summed E-state index contributed by atoms with van der Waals surface area (Å²) in [4.78, 5) is 0. The molecular formula is C12H13BrFN. The van der Waals surface area contributed by atoms with Gasteiger partial charge in [0, 0.05) is 12.5 Å². The Labute approximate surface area is 98.2 Å².